The van der Waals surface area contributed by atoms with E-state index in [2.05, 4.69) is 11.8 Å². The third-order valence-corrected chi connectivity index (χ3v) is 3.22. The first-order valence-electron chi connectivity index (χ1n) is 6.17. The Labute approximate surface area is 101 Å². The molecule has 1 aromatic rings. The van der Waals surface area contributed by atoms with E-state index in [0.29, 0.717) is 5.69 Å². The van der Waals surface area contributed by atoms with Crippen molar-refractivity contribution in [3.8, 4) is 5.75 Å². The number of piperazine rings is 1. The third kappa shape index (κ3) is 2.69. The molecule has 1 aliphatic heterocycles. The SMILES string of the molecule is CCCN1CCN(c2cccc(F)c2O)CC1. The van der Waals surface area contributed by atoms with Gasteiger partial charge in [0.25, 0.3) is 0 Å². The number of phenols is 1. The van der Waals surface area contributed by atoms with Crippen LogP contribution in [-0.4, -0.2) is 42.7 Å². The summed E-state index contributed by atoms with van der Waals surface area (Å²) in [5.41, 5.74) is 0.612. The van der Waals surface area contributed by atoms with Crippen LogP contribution in [0.3, 0.4) is 0 Å². The number of hydrogen-bond donors (Lipinski definition) is 1. The molecule has 17 heavy (non-hydrogen) atoms. The minimum atomic E-state index is -0.543. The molecular formula is C13H19FN2O. The molecule has 1 saturated heterocycles. The lowest BCUT2D eigenvalue weighted by molar-refractivity contribution is 0.257. The Morgan fingerprint density at radius 2 is 1.94 bits per heavy atom. The summed E-state index contributed by atoms with van der Waals surface area (Å²) < 4.78 is 13.2. The molecule has 0 unspecified atom stereocenters. The monoisotopic (exact) mass is 238 g/mol. The number of para-hydroxylation sites is 1. The van der Waals surface area contributed by atoms with Crippen LogP contribution in [0.1, 0.15) is 13.3 Å². The van der Waals surface area contributed by atoms with Crippen LogP contribution in [0, 0.1) is 5.82 Å². The molecule has 1 fully saturated rings. The molecule has 1 heterocycles. The van der Waals surface area contributed by atoms with Crippen LogP contribution in [0.15, 0.2) is 18.2 Å². The number of benzene rings is 1. The first-order chi connectivity index (χ1) is 8.22. The lowest BCUT2D eigenvalue weighted by Crippen LogP contribution is -2.46. The third-order valence-electron chi connectivity index (χ3n) is 3.22. The number of aromatic hydroxyl groups is 1. The van der Waals surface area contributed by atoms with Gasteiger partial charge in [0.15, 0.2) is 11.6 Å². The molecule has 1 aliphatic rings. The zero-order valence-corrected chi connectivity index (χ0v) is 10.2. The van der Waals surface area contributed by atoms with Gasteiger partial charge in [-0.05, 0) is 25.1 Å². The highest BCUT2D eigenvalue weighted by molar-refractivity contribution is 5.58. The van der Waals surface area contributed by atoms with Gasteiger partial charge in [0.05, 0.1) is 5.69 Å². The highest BCUT2D eigenvalue weighted by Crippen LogP contribution is 2.30. The molecule has 2 rings (SSSR count). The van der Waals surface area contributed by atoms with Gasteiger partial charge < -0.3 is 10.0 Å². The summed E-state index contributed by atoms with van der Waals surface area (Å²) in [6, 6.07) is 4.70. The highest BCUT2D eigenvalue weighted by Gasteiger charge is 2.19. The van der Waals surface area contributed by atoms with E-state index >= 15 is 0 Å². The van der Waals surface area contributed by atoms with Crippen molar-refractivity contribution in [2.75, 3.05) is 37.6 Å². The van der Waals surface area contributed by atoms with Crippen molar-refractivity contribution in [1.29, 1.82) is 0 Å². The standard InChI is InChI=1S/C13H19FN2O/c1-2-6-15-7-9-16(10-8-15)12-5-3-4-11(14)13(12)17/h3-5,17H,2,6-10H2,1H3. The maximum Gasteiger partial charge on any atom is 0.175 e. The largest absolute Gasteiger partial charge is 0.503 e. The Kier molecular flexibility index (Phi) is 3.84. The molecule has 0 amide bonds. The van der Waals surface area contributed by atoms with Crippen molar-refractivity contribution < 1.29 is 9.50 Å². The van der Waals surface area contributed by atoms with E-state index in [0.717, 1.165) is 39.1 Å². The van der Waals surface area contributed by atoms with Crippen LogP contribution in [0.25, 0.3) is 0 Å². The molecule has 0 bridgehead atoms. The van der Waals surface area contributed by atoms with Gasteiger partial charge in [-0.1, -0.05) is 13.0 Å². The van der Waals surface area contributed by atoms with Crippen molar-refractivity contribution >= 4 is 5.69 Å². The summed E-state index contributed by atoms with van der Waals surface area (Å²) in [5.74, 6) is -0.769. The molecule has 0 saturated carbocycles. The maximum atomic E-state index is 13.2. The zero-order valence-electron chi connectivity index (χ0n) is 10.2. The highest BCUT2D eigenvalue weighted by atomic mass is 19.1. The Hall–Kier alpha value is -1.29. The molecule has 0 aliphatic carbocycles. The fraction of sp³-hybridized carbons (Fsp3) is 0.538. The van der Waals surface area contributed by atoms with E-state index in [-0.39, 0.29) is 5.75 Å². The first kappa shape index (κ1) is 12.2. The van der Waals surface area contributed by atoms with E-state index < -0.39 is 5.82 Å². The topological polar surface area (TPSA) is 26.7 Å². The van der Waals surface area contributed by atoms with Crippen molar-refractivity contribution in [2.24, 2.45) is 0 Å². The second kappa shape index (κ2) is 5.36. The lowest BCUT2D eigenvalue weighted by atomic mass is 10.2. The van der Waals surface area contributed by atoms with Crippen molar-refractivity contribution in [3.63, 3.8) is 0 Å². The minimum Gasteiger partial charge on any atom is -0.503 e. The quantitative estimate of drug-likeness (QED) is 0.873. The fourth-order valence-electron chi connectivity index (χ4n) is 2.29. The molecule has 0 radical (unpaired) electrons. The first-order valence-corrected chi connectivity index (χ1v) is 6.17. The summed E-state index contributed by atoms with van der Waals surface area (Å²) in [5, 5.41) is 9.69. The molecule has 0 atom stereocenters. The number of nitrogens with zero attached hydrogens (tertiary/aromatic N) is 2. The molecule has 0 aromatic heterocycles. The van der Waals surface area contributed by atoms with Crippen LogP contribution < -0.4 is 4.90 Å². The number of phenolic OH excluding ortho intramolecular Hbond substituents is 1. The average Bonchev–Trinajstić information content (AvgIpc) is 2.34. The summed E-state index contributed by atoms with van der Waals surface area (Å²) >= 11 is 0. The zero-order chi connectivity index (χ0) is 12.3. The van der Waals surface area contributed by atoms with Gasteiger partial charge in [-0.2, -0.15) is 0 Å². The summed E-state index contributed by atoms with van der Waals surface area (Å²) in [7, 11) is 0. The van der Waals surface area contributed by atoms with Gasteiger partial charge >= 0.3 is 0 Å². The van der Waals surface area contributed by atoms with Gasteiger partial charge in [-0.25, -0.2) is 4.39 Å². The molecule has 3 nitrogen and oxygen atoms in total. The molecule has 1 aromatic carbocycles. The minimum absolute atomic E-state index is 0.226. The normalized spacial score (nSPS) is 17.4. The smallest absolute Gasteiger partial charge is 0.175 e. The van der Waals surface area contributed by atoms with E-state index in [4.69, 9.17) is 0 Å². The van der Waals surface area contributed by atoms with Crippen LogP contribution in [-0.2, 0) is 0 Å². The molecule has 1 N–H and O–H groups in total. The number of anilines is 1. The maximum absolute atomic E-state index is 13.2. The predicted molar refractivity (Wildman–Crippen MR) is 67.0 cm³/mol. The van der Waals surface area contributed by atoms with Gasteiger partial charge in [0.1, 0.15) is 0 Å². The number of rotatable bonds is 3. The van der Waals surface area contributed by atoms with E-state index in [9.17, 15) is 9.50 Å². The molecule has 4 heteroatoms. The number of hydrogen-bond acceptors (Lipinski definition) is 3. The van der Waals surface area contributed by atoms with E-state index in [1.807, 2.05) is 4.90 Å². The van der Waals surface area contributed by atoms with Gasteiger partial charge in [0, 0.05) is 26.2 Å². The second-order valence-electron chi connectivity index (χ2n) is 4.44. The lowest BCUT2D eigenvalue weighted by Gasteiger charge is -2.36. The van der Waals surface area contributed by atoms with Crippen molar-refractivity contribution in [3.05, 3.63) is 24.0 Å². The van der Waals surface area contributed by atoms with Gasteiger partial charge in [-0.3, -0.25) is 4.90 Å². The fourth-order valence-corrected chi connectivity index (χ4v) is 2.29. The van der Waals surface area contributed by atoms with Crippen molar-refractivity contribution in [1.82, 2.24) is 4.90 Å². The average molecular weight is 238 g/mol. The Morgan fingerprint density at radius 1 is 1.24 bits per heavy atom. The van der Waals surface area contributed by atoms with Crippen LogP contribution in [0.5, 0.6) is 5.75 Å². The van der Waals surface area contributed by atoms with Crippen LogP contribution >= 0.6 is 0 Å². The van der Waals surface area contributed by atoms with Crippen molar-refractivity contribution in [2.45, 2.75) is 13.3 Å². The summed E-state index contributed by atoms with van der Waals surface area (Å²) in [6.45, 7) is 6.93. The Morgan fingerprint density at radius 3 is 2.59 bits per heavy atom. The van der Waals surface area contributed by atoms with E-state index in [1.165, 1.54) is 6.07 Å². The molecular weight excluding hydrogens is 219 g/mol. The summed E-state index contributed by atoms with van der Waals surface area (Å²) in [4.78, 5) is 4.44. The number of halogens is 1. The van der Waals surface area contributed by atoms with Gasteiger partial charge in [-0.15, -0.1) is 0 Å². The van der Waals surface area contributed by atoms with Gasteiger partial charge in [0.2, 0.25) is 0 Å². The molecule has 94 valence electrons. The summed E-state index contributed by atoms with van der Waals surface area (Å²) in [6.07, 6.45) is 1.16. The van der Waals surface area contributed by atoms with Crippen LogP contribution in [0.2, 0.25) is 0 Å². The van der Waals surface area contributed by atoms with Crippen LogP contribution in [0.4, 0.5) is 10.1 Å². The Balaban J connectivity index is 2.03. The second-order valence-corrected chi connectivity index (χ2v) is 4.44. The predicted octanol–water partition coefficient (Wildman–Crippen LogP) is 2.06. The molecule has 0 spiro atoms. The van der Waals surface area contributed by atoms with E-state index in [1.54, 1.807) is 12.1 Å². The Bertz CT molecular complexity index is 376.